The minimum atomic E-state index is -1.03. The van der Waals surface area contributed by atoms with E-state index in [1.807, 2.05) is 62.4 Å². The molecule has 1 aliphatic heterocycles. The van der Waals surface area contributed by atoms with Crippen LogP contribution in [0.2, 0.25) is 0 Å². The Labute approximate surface area is 214 Å². The molecule has 0 atom stereocenters. The summed E-state index contributed by atoms with van der Waals surface area (Å²) in [6, 6.07) is 21.8. The molecule has 0 aliphatic carbocycles. The highest BCUT2D eigenvalue weighted by Gasteiger charge is 2.32. The molecule has 4 rings (SSSR count). The standard InChI is InChI=1S/C28H26N2O5S/c1-3-30-26(31)25(36-28(30)29-22-12-8-11-21(17-22)27(32)33)16-20-13-14-23(24(15-20)34-4-2)35-18-19-9-6-5-7-10-19/h5-17H,3-4,18H2,1-2H3,(H,32,33)/b25-16+,29-28?. The third kappa shape index (κ3) is 5.95. The van der Waals surface area contributed by atoms with Crippen molar-refractivity contribution in [3.05, 3.63) is 94.4 Å². The van der Waals surface area contributed by atoms with Gasteiger partial charge in [0, 0.05) is 6.54 Å². The van der Waals surface area contributed by atoms with Crippen molar-refractivity contribution in [1.29, 1.82) is 0 Å². The molecule has 8 heteroatoms. The van der Waals surface area contributed by atoms with Crippen LogP contribution in [0.1, 0.15) is 35.3 Å². The number of nitrogens with zero attached hydrogens (tertiary/aromatic N) is 2. The van der Waals surface area contributed by atoms with E-state index < -0.39 is 5.97 Å². The van der Waals surface area contributed by atoms with Crippen LogP contribution in [0, 0.1) is 0 Å². The van der Waals surface area contributed by atoms with E-state index in [2.05, 4.69) is 4.99 Å². The third-order valence-electron chi connectivity index (χ3n) is 5.32. The molecule has 0 unspecified atom stereocenters. The fourth-order valence-electron chi connectivity index (χ4n) is 3.58. The lowest BCUT2D eigenvalue weighted by atomic mass is 10.1. The van der Waals surface area contributed by atoms with Crippen LogP contribution in [-0.2, 0) is 11.4 Å². The second-order valence-corrected chi connectivity index (χ2v) is 8.83. The highest BCUT2D eigenvalue weighted by Crippen LogP contribution is 2.36. The number of carbonyl (C=O) groups is 2. The second-order valence-electron chi connectivity index (χ2n) is 7.82. The monoisotopic (exact) mass is 502 g/mol. The lowest BCUT2D eigenvalue weighted by Crippen LogP contribution is -2.28. The zero-order valence-corrected chi connectivity index (χ0v) is 20.8. The third-order valence-corrected chi connectivity index (χ3v) is 6.33. The summed E-state index contributed by atoms with van der Waals surface area (Å²) in [7, 11) is 0. The number of amides is 1. The molecule has 1 N–H and O–H groups in total. The number of ether oxygens (including phenoxy) is 2. The summed E-state index contributed by atoms with van der Waals surface area (Å²) >= 11 is 1.25. The fourth-order valence-corrected chi connectivity index (χ4v) is 4.64. The van der Waals surface area contributed by atoms with Gasteiger partial charge in [-0.3, -0.25) is 9.69 Å². The molecule has 1 heterocycles. The number of hydrogen-bond acceptors (Lipinski definition) is 6. The van der Waals surface area contributed by atoms with E-state index in [9.17, 15) is 14.7 Å². The molecule has 7 nitrogen and oxygen atoms in total. The van der Waals surface area contributed by atoms with Gasteiger partial charge in [-0.05, 0) is 73.1 Å². The molecule has 1 fully saturated rings. The summed E-state index contributed by atoms with van der Waals surface area (Å²) in [4.78, 5) is 31.0. The Bertz CT molecular complexity index is 1320. The van der Waals surface area contributed by atoms with E-state index in [-0.39, 0.29) is 11.5 Å². The van der Waals surface area contributed by atoms with Gasteiger partial charge in [-0.15, -0.1) is 0 Å². The van der Waals surface area contributed by atoms with Gasteiger partial charge in [-0.1, -0.05) is 42.5 Å². The van der Waals surface area contributed by atoms with Gasteiger partial charge in [0.25, 0.3) is 5.91 Å². The number of hydrogen-bond donors (Lipinski definition) is 1. The van der Waals surface area contributed by atoms with E-state index in [1.165, 1.54) is 23.9 Å². The van der Waals surface area contributed by atoms with Crippen molar-refractivity contribution in [2.24, 2.45) is 4.99 Å². The van der Waals surface area contributed by atoms with E-state index in [4.69, 9.17) is 9.47 Å². The molecule has 0 radical (unpaired) electrons. The number of carbonyl (C=O) groups excluding carboxylic acids is 1. The van der Waals surface area contributed by atoms with E-state index >= 15 is 0 Å². The van der Waals surface area contributed by atoms with Gasteiger partial charge in [-0.25, -0.2) is 9.79 Å². The highest BCUT2D eigenvalue weighted by molar-refractivity contribution is 8.18. The van der Waals surface area contributed by atoms with Gasteiger partial charge in [0.1, 0.15) is 6.61 Å². The molecule has 36 heavy (non-hydrogen) atoms. The average Bonchev–Trinajstić information content (AvgIpc) is 3.17. The number of thioether (sulfide) groups is 1. The summed E-state index contributed by atoms with van der Waals surface area (Å²) in [6.07, 6.45) is 1.80. The minimum absolute atomic E-state index is 0.142. The Morgan fingerprint density at radius 3 is 2.53 bits per heavy atom. The second kappa shape index (κ2) is 11.6. The first kappa shape index (κ1) is 25.1. The van der Waals surface area contributed by atoms with Crippen molar-refractivity contribution < 1.29 is 24.2 Å². The van der Waals surface area contributed by atoms with Gasteiger partial charge in [0.2, 0.25) is 0 Å². The van der Waals surface area contributed by atoms with Gasteiger partial charge >= 0.3 is 5.97 Å². The predicted molar refractivity (Wildman–Crippen MR) is 142 cm³/mol. The van der Waals surface area contributed by atoms with Crippen LogP contribution >= 0.6 is 11.8 Å². The van der Waals surface area contributed by atoms with Gasteiger partial charge in [0.05, 0.1) is 22.8 Å². The highest BCUT2D eigenvalue weighted by atomic mass is 32.2. The van der Waals surface area contributed by atoms with Crippen LogP contribution in [0.3, 0.4) is 0 Å². The summed E-state index contributed by atoms with van der Waals surface area (Å²) in [5.74, 6) is 0.0494. The predicted octanol–water partition coefficient (Wildman–Crippen LogP) is 5.99. The van der Waals surface area contributed by atoms with Crippen molar-refractivity contribution in [2.45, 2.75) is 20.5 Å². The normalized spacial score (nSPS) is 15.5. The molecular weight excluding hydrogens is 476 g/mol. The Hall–Kier alpha value is -4.04. The van der Waals surface area contributed by atoms with Gasteiger partial charge < -0.3 is 14.6 Å². The first-order valence-corrected chi connectivity index (χ1v) is 12.4. The molecule has 1 aliphatic rings. The Morgan fingerprint density at radius 2 is 1.81 bits per heavy atom. The lowest BCUT2D eigenvalue weighted by Gasteiger charge is -2.13. The van der Waals surface area contributed by atoms with Gasteiger partial charge in [-0.2, -0.15) is 0 Å². The minimum Gasteiger partial charge on any atom is -0.490 e. The number of aliphatic imine (C=N–C) groups is 1. The SMILES string of the molecule is CCOc1cc(/C=C2/SC(=Nc3cccc(C(=O)O)c3)N(CC)C2=O)ccc1OCc1ccccc1. The van der Waals surface area contributed by atoms with Crippen LogP contribution in [0.5, 0.6) is 11.5 Å². The maximum absolute atomic E-state index is 13.1. The van der Waals surface area contributed by atoms with Crippen molar-refractivity contribution in [3.63, 3.8) is 0 Å². The Morgan fingerprint density at radius 1 is 1.00 bits per heavy atom. The van der Waals surface area contributed by atoms with Gasteiger partial charge in [0.15, 0.2) is 16.7 Å². The van der Waals surface area contributed by atoms with Crippen LogP contribution in [0.15, 0.2) is 82.7 Å². The van der Waals surface area contributed by atoms with Crippen molar-refractivity contribution in [2.75, 3.05) is 13.2 Å². The van der Waals surface area contributed by atoms with E-state index in [1.54, 1.807) is 23.1 Å². The number of aromatic carboxylic acids is 1. The molecule has 0 spiro atoms. The maximum Gasteiger partial charge on any atom is 0.335 e. The molecule has 0 bridgehead atoms. The van der Waals surface area contributed by atoms with Crippen LogP contribution in [-0.4, -0.2) is 40.2 Å². The zero-order chi connectivity index (χ0) is 25.5. The first-order chi connectivity index (χ1) is 17.5. The Kier molecular flexibility index (Phi) is 8.07. The smallest absolute Gasteiger partial charge is 0.335 e. The maximum atomic E-state index is 13.1. The van der Waals surface area contributed by atoms with Crippen LogP contribution in [0.4, 0.5) is 5.69 Å². The zero-order valence-electron chi connectivity index (χ0n) is 20.0. The molecule has 0 aromatic heterocycles. The number of carboxylic acid groups (broad SMARTS) is 1. The van der Waals surface area contributed by atoms with Crippen molar-refractivity contribution in [1.82, 2.24) is 4.90 Å². The average molecular weight is 503 g/mol. The molecular formula is C28H26N2O5S. The number of carboxylic acids is 1. The van der Waals surface area contributed by atoms with Crippen molar-refractivity contribution in [3.8, 4) is 11.5 Å². The molecule has 1 saturated heterocycles. The number of likely N-dealkylation sites (N-methyl/N-ethyl adjacent to an activating group) is 1. The molecule has 0 saturated carbocycles. The van der Waals surface area contributed by atoms with Crippen LogP contribution < -0.4 is 9.47 Å². The first-order valence-electron chi connectivity index (χ1n) is 11.6. The molecule has 1 amide bonds. The molecule has 184 valence electrons. The number of amidine groups is 1. The Balaban J connectivity index is 1.58. The summed E-state index contributed by atoms with van der Waals surface area (Å²) < 4.78 is 11.8. The topological polar surface area (TPSA) is 88.4 Å². The van der Waals surface area contributed by atoms with Crippen molar-refractivity contribution >= 4 is 40.6 Å². The van der Waals surface area contributed by atoms with E-state index in [0.29, 0.717) is 47.0 Å². The largest absolute Gasteiger partial charge is 0.490 e. The molecule has 3 aromatic rings. The molecule has 3 aromatic carbocycles. The number of benzene rings is 3. The summed E-state index contributed by atoms with van der Waals surface area (Å²) in [5.41, 5.74) is 2.47. The quantitative estimate of drug-likeness (QED) is 0.362. The summed E-state index contributed by atoms with van der Waals surface area (Å²) in [5, 5.41) is 9.75. The lowest BCUT2D eigenvalue weighted by molar-refractivity contribution is -0.122. The van der Waals surface area contributed by atoms with Crippen LogP contribution in [0.25, 0.3) is 6.08 Å². The fraction of sp³-hybridized carbons (Fsp3) is 0.179. The summed E-state index contributed by atoms with van der Waals surface area (Å²) in [6.45, 7) is 5.12. The number of rotatable bonds is 9. The van der Waals surface area contributed by atoms with E-state index in [0.717, 1.165) is 11.1 Å².